The van der Waals surface area contributed by atoms with Crippen molar-refractivity contribution < 1.29 is 23.8 Å². The topological polar surface area (TPSA) is 73.9 Å². The quantitative estimate of drug-likeness (QED) is 0.270. The average molecular weight is 450 g/mol. The van der Waals surface area contributed by atoms with Crippen molar-refractivity contribution in [2.75, 3.05) is 20.8 Å². The molecule has 1 unspecified atom stereocenters. The van der Waals surface area contributed by atoms with Gasteiger partial charge in [-0.1, -0.05) is 54.1 Å². The van der Waals surface area contributed by atoms with Gasteiger partial charge in [-0.25, -0.2) is 9.59 Å². The summed E-state index contributed by atoms with van der Waals surface area (Å²) in [6, 6.07) is 11.1. The van der Waals surface area contributed by atoms with Crippen LogP contribution in [0.25, 0.3) is 12.2 Å². The molecule has 6 heteroatoms. The molecule has 0 spiro atoms. The maximum Gasteiger partial charge on any atom is 0.342 e. The number of carbonyl (C=O) groups is 2. The van der Waals surface area contributed by atoms with E-state index in [0.717, 1.165) is 24.1 Å². The van der Waals surface area contributed by atoms with E-state index in [4.69, 9.17) is 14.2 Å². The number of hydrogen-bond acceptors (Lipinski definition) is 6. The van der Waals surface area contributed by atoms with Gasteiger partial charge in [0.05, 0.1) is 14.2 Å². The second-order valence-electron chi connectivity index (χ2n) is 8.14. The van der Waals surface area contributed by atoms with Crippen LogP contribution in [0.2, 0.25) is 0 Å². The maximum atomic E-state index is 12.9. The first kappa shape index (κ1) is 24.3. The minimum atomic E-state index is -0.578. The van der Waals surface area contributed by atoms with Crippen molar-refractivity contribution in [3.05, 3.63) is 70.3 Å². The second-order valence-corrected chi connectivity index (χ2v) is 8.14. The SMILES string of the molecule is COC(=O)c1c(/C=C/c2ccccc2)cc(OC)c(CC=C(C)C)c1OC(=O)C1CCCN1. The van der Waals surface area contributed by atoms with Crippen LogP contribution >= 0.6 is 0 Å². The summed E-state index contributed by atoms with van der Waals surface area (Å²) in [5.41, 5.74) is 3.44. The third kappa shape index (κ3) is 6.11. The lowest BCUT2D eigenvalue weighted by molar-refractivity contribution is -0.136. The Morgan fingerprint density at radius 1 is 1.12 bits per heavy atom. The summed E-state index contributed by atoms with van der Waals surface area (Å²) in [4.78, 5) is 25.9. The number of esters is 2. The van der Waals surface area contributed by atoms with Crippen molar-refractivity contribution in [3.8, 4) is 11.5 Å². The van der Waals surface area contributed by atoms with Gasteiger partial charge in [0.2, 0.25) is 0 Å². The van der Waals surface area contributed by atoms with Gasteiger partial charge in [-0.05, 0) is 56.8 Å². The molecule has 0 aromatic heterocycles. The Labute approximate surface area is 195 Å². The molecule has 2 aromatic carbocycles. The predicted molar refractivity (Wildman–Crippen MR) is 129 cm³/mol. The highest BCUT2D eigenvalue weighted by molar-refractivity contribution is 6.00. The van der Waals surface area contributed by atoms with E-state index in [-0.39, 0.29) is 11.3 Å². The van der Waals surface area contributed by atoms with Crippen molar-refractivity contribution in [2.24, 2.45) is 0 Å². The molecule has 1 atom stereocenters. The fourth-order valence-corrected chi connectivity index (χ4v) is 3.74. The Balaban J connectivity index is 2.18. The number of ether oxygens (including phenoxy) is 3. The number of nitrogens with one attached hydrogen (secondary N) is 1. The fraction of sp³-hybridized carbons (Fsp3) is 0.333. The number of rotatable bonds is 8. The van der Waals surface area contributed by atoms with E-state index < -0.39 is 18.0 Å². The van der Waals surface area contributed by atoms with E-state index in [1.807, 2.05) is 56.3 Å². The van der Waals surface area contributed by atoms with Gasteiger partial charge in [-0.2, -0.15) is 0 Å². The summed E-state index contributed by atoms with van der Waals surface area (Å²) in [6.45, 7) is 4.73. The van der Waals surface area contributed by atoms with Gasteiger partial charge in [-0.3, -0.25) is 0 Å². The van der Waals surface area contributed by atoms with Crippen molar-refractivity contribution >= 4 is 24.1 Å². The molecule has 1 saturated heterocycles. The van der Waals surface area contributed by atoms with Crippen LogP contribution in [0, 0.1) is 0 Å². The molecule has 1 aliphatic heterocycles. The molecule has 3 rings (SSSR count). The summed E-state index contributed by atoms with van der Waals surface area (Å²) >= 11 is 0. The molecule has 2 aromatic rings. The summed E-state index contributed by atoms with van der Waals surface area (Å²) in [7, 11) is 2.88. The first-order chi connectivity index (χ1) is 15.9. The zero-order valence-corrected chi connectivity index (χ0v) is 19.6. The first-order valence-corrected chi connectivity index (χ1v) is 11.1. The summed E-state index contributed by atoms with van der Waals surface area (Å²) in [5.74, 6) is -0.270. The molecule has 1 fully saturated rings. The standard InChI is InChI=1S/C27H31NO5/c1-18(2)12-15-21-23(31-3)17-20(14-13-19-9-6-5-7-10-19)24(27(30)32-4)25(21)33-26(29)22-11-8-16-28-22/h5-7,9-10,12-14,17,22,28H,8,11,15-16H2,1-4H3/b14-13+. The number of benzene rings is 2. The van der Waals surface area contributed by atoms with E-state index in [1.54, 1.807) is 19.3 Å². The average Bonchev–Trinajstić information content (AvgIpc) is 3.37. The number of hydrogen-bond donors (Lipinski definition) is 1. The van der Waals surface area contributed by atoms with Crippen LogP contribution in [0.15, 0.2) is 48.0 Å². The molecule has 1 aliphatic rings. The van der Waals surface area contributed by atoms with E-state index in [9.17, 15) is 9.59 Å². The third-order valence-corrected chi connectivity index (χ3v) is 5.50. The monoisotopic (exact) mass is 449 g/mol. The Bertz CT molecular complexity index is 1050. The van der Waals surface area contributed by atoms with Gasteiger partial charge in [0.15, 0.2) is 5.75 Å². The molecule has 0 saturated carbocycles. The van der Waals surface area contributed by atoms with Crippen molar-refractivity contribution in [1.82, 2.24) is 5.32 Å². The molecule has 1 N–H and O–H groups in total. The van der Waals surface area contributed by atoms with Crippen LogP contribution < -0.4 is 14.8 Å². The molecule has 0 aliphatic carbocycles. The van der Waals surface area contributed by atoms with Crippen LogP contribution in [-0.2, 0) is 16.0 Å². The summed E-state index contributed by atoms with van der Waals surface area (Å²) in [6.07, 6.45) is 7.74. The minimum Gasteiger partial charge on any atom is -0.496 e. The lowest BCUT2D eigenvalue weighted by Gasteiger charge is -2.20. The molecule has 6 nitrogen and oxygen atoms in total. The fourth-order valence-electron chi connectivity index (χ4n) is 3.74. The van der Waals surface area contributed by atoms with E-state index in [1.165, 1.54) is 7.11 Å². The molecular formula is C27H31NO5. The Kier molecular flexibility index (Phi) is 8.44. The Morgan fingerprint density at radius 3 is 2.48 bits per heavy atom. The summed E-state index contributed by atoms with van der Waals surface area (Å²) < 4.78 is 16.7. The lowest BCUT2D eigenvalue weighted by Crippen LogP contribution is -2.34. The summed E-state index contributed by atoms with van der Waals surface area (Å²) in [5, 5.41) is 3.15. The third-order valence-electron chi connectivity index (χ3n) is 5.50. The van der Waals surface area contributed by atoms with Gasteiger partial charge >= 0.3 is 11.9 Å². The molecule has 0 bridgehead atoms. The Hall–Kier alpha value is -3.38. The molecule has 0 amide bonds. The van der Waals surface area contributed by atoms with Gasteiger partial charge in [-0.15, -0.1) is 0 Å². The zero-order valence-electron chi connectivity index (χ0n) is 19.6. The lowest BCUT2D eigenvalue weighted by atomic mass is 9.97. The smallest absolute Gasteiger partial charge is 0.342 e. The normalized spacial score (nSPS) is 15.3. The maximum absolute atomic E-state index is 12.9. The van der Waals surface area contributed by atoms with E-state index in [2.05, 4.69) is 5.32 Å². The highest BCUT2D eigenvalue weighted by atomic mass is 16.5. The van der Waals surface area contributed by atoms with Crippen molar-refractivity contribution in [1.29, 1.82) is 0 Å². The van der Waals surface area contributed by atoms with Gasteiger partial charge in [0.1, 0.15) is 17.4 Å². The predicted octanol–water partition coefficient (Wildman–Crippen LogP) is 4.82. The molecular weight excluding hydrogens is 418 g/mol. The van der Waals surface area contributed by atoms with Crippen molar-refractivity contribution in [2.45, 2.75) is 39.2 Å². The van der Waals surface area contributed by atoms with Gasteiger partial charge < -0.3 is 19.5 Å². The second kappa shape index (κ2) is 11.5. The molecule has 33 heavy (non-hydrogen) atoms. The first-order valence-electron chi connectivity index (χ1n) is 11.1. The molecule has 0 radical (unpaired) electrons. The number of allylic oxidation sites excluding steroid dienone is 2. The van der Waals surface area contributed by atoms with E-state index >= 15 is 0 Å². The van der Waals surface area contributed by atoms with Crippen LogP contribution in [0.4, 0.5) is 0 Å². The number of methoxy groups -OCH3 is 2. The van der Waals surface area contributed by atoms with Crippen LogP contribution in [0.1, 0.15) is 53.7 Å². The molecule has 1 heterocycles. The van der Waals surface area contributed by atoms with E-state index in [0.29, 0.717) is 29.7 Å². The molecule has 174 valence electrons. The van der Waals surface area contributed by atoms with Crippen LogP contribution in [0.5, 0.6) is 11.5 Å². The zero-order chi connectivity index (χ0) is 23.8. The minimum absolute atomic E-state index is 0.185. The van der Waals surface area contributed by atoms with Gasteiger partial charge in [0, 0.05) is 5.56 Å². The van der Waals surface area contributed by atoms with Gasteiger partial charge in [0.25, 0.3) is 0 Å². The van der Waals surface area contributed by atoms with Crippen molar-refractivity contribution in [3.63, 3.8) is 0 Å². The highest BCUT2D eigenvalue weighted by Crippen LogP contribution is 2.38. The van der Waals surface area contributed by atoms with Crippen LogP contribution in [-0.4, -0.2) is 38.7 Å². The highest BCUT2D eigenvalue weighted by Gasteiger charge is 2.30. The number of carbonyl (C=O) groups excluding carboxylic acids is 2. The largest absolute Gasteiger partial charge is 0.496 e. The van der Waals surface area contributed by atoms with Crippen LogP contribution in [0.3, 0.4) is 0 Å². The Morgan fingerprint density at radius 2 is 1.88 bits per heavy atom.